The smallest absolute Gasteiger partial charge is 0.136 e. The molecule has 0 aromatic carbocycles. The van der Waals surface area contributed by atoms with Crippen LogP contribution >= 0.6 is 0 Å². The van der Waals surface area contributed by atoms with Crippen LogP contribution in [0.25, 0.3) is 0 Å². The van der Waals surface area contributed by atoms with E-state index in [0.29, 0.717) is 0 Å². The third-order valence-corrected chi connectivity index (χ3v) is 2.08. The summed E-state index contributed by atoms with van der Waals surface area (Å²) in [4.78, 5) is 10.5. The van der Waals surface area contributed by atoms with Gasteiger partial charge >= 0.3 is 0 Å². The standard InChI is InChI=1S/C10H18N4/c1-5-6-8-9(11-2)12-7-13-10(8)14(3)4/h7H,5-6H2,1-4H3,(H,11,12,13). The van der Waals surface area contributed by atoms with Gasteiger partial charge in [0, 0.05) is 26.7 Å². The molecule has 0 saturated carbocycles. The van der Waals surface area contributed by atoms with E-state index in [0.717, 1.165) is 24.5 Å². The molecule has 1 rings (SSSR count). The third kappa shape index (κ3) is 2.13. The van der Waals surface area contributed by atoms with Crippen molar-refractivity contribution in [1.82, 2.24) is 9.97 Å². The van der Waals surface area contributed by atoms with E-state index in [2.05, 4.69) is 22.2 Å². The number of hydrogen-bond donors (Lipinski definition) is 1. The molecule has 1 aromatic rings. The largest absolute Gasteiger partial charge is 0.373 e. The van der Waals surface area contributed by atoms with Crippen molar-refractivity contribution in [1.29, 1.82) is 0 Å². The van der Waals surface area contributed by atoms with E-state index in [4.69, 9.17) is 0 Å². The summed E-state index contributed by atoms with van der Waals surface area (Å²) in [6.07, 6.45) is 3.70. The van der Waals surface area contributed by atoms with E-state index in [9.17, 15) is 0 Å². The van der Waals surface area contributed by atoms with Crippen LogP contribution in [-0.2, 0) is 6.42 Å². The van der Waals surface area contributed by atoms with E-state index in [1.54, 1.807) is 6.33 Å². The van der Waals surface area contributed by atoms with Gasteiger partial charge in [0.05, 0.1) is 0 Å². The average molecular weight is 194 g/mol. The van der Waals surface area contributed by atoms with E-state index in [1.807, 2.05) is 26.0 Å². The molecule has 0 fully saturated rings. The van der Waals surface area contributed by atoms with Crippen molar-refractivity contribution in [3.8, 4) is 0 Å². The highest BCUT2D eigenvalue weighted by Crippen LogP contribution is 2.22. The fraction of sp³-hybridized carbons (Fsp3) is 0.600. The molecule has 4 nitrogen and oxygen atoms in total. The van der Waals surface area contributed by atoms with Crippen LogP contribution in [0.1, 0.15) is 18.9 Å². The Kier molecular flexibility index (Phi) is 3.68. The molecule has 4 heteroatoms. The summed E-state index contributed by atoms with van der Waals surface area (Å²) in [6, 6.07) is 0. The molecule has 1 heterocycles. The van der Waals surface area contributed by atoms with Crippen molar-refractivity contribution >= 4 is 11.6 Å². The molecular weight excluding hydrogens is 176 g/mol. The lowest BCUT2D eigenvalue weighted by molar-refractivity contribution is 0.886. The Balaban J connectivity index is 3.13. The molecular formula is C10H18N4. The highest BCUT2D eigenvalue weighted by Gasteiger charge is 2.10. The van der Waals surface area contributed by atoms with Gasteiger partial charge in [0.2, 0.25) is 0 Å². The van der Waals surface area contributed by atoms with Crippen molar-refractivity contribution in [2.45, 2.75) is 19.8 Å². The van der Waals surface area contributed by atoms with Crippen molar-refractivity contribution in [2.24, 2.45) is 0 Å². The van der Waals surface area contributed by atoms with E-state index in [-0.39, 0.29) is 0 Å². The van der Waals surface area contributed by atoms with Gasteiger partial charge in [-0.3, -0.25) is 0 Å². The minimum Gasteiger partial charge on any atom is -0.373 e. The molecule has 1 N–H and O–H groups in total. The quantitative estimate of drug-likeness (QED) is 0.789. The number of hydrogen-bond acceptors (Lipinski definition) is 4. The first-order valence-electron chi connectivity index (χ1n) is 4.89. The van der Waals surface area contributed by atoms with Crippen LogP contribution < -0.4 is 10.2 Å². The Morgan fingerprint density at radius 3 is 2.57 bits per heavy atom. The minimum atomic E-state index is 0.936. The van der Waals surface area contributed by atoms with Gasteiger partial charge < -0.3 is 10.2 Å². The first kappa shape index (κ1) is 10.8. The van der Waals surface area contributed by atoms with Gasteiger partial charge in [0.15, 0.2) is 0 Å². The van der Waals surface area contributed by atoms with Crippen LogP contribution in [0.2, 0.25) is 0 Å². The Morgan fingerprint density at radius 2 is 2.07 bits per heavy atom. The zero-order chi connectivity index (χ0) is 10.6. The molecule has 0 aliphatic rings. The molecule has 0 atom stereocenters. The van der Waals surface area contributed by atoms with Crippen LogP contribution in [0.3, 0.4) is 0 Å². The molecule has 0 unspecified atom stereocenters. The molecule has 0 aliphatic carbocycles. The Labute approximate surface area is 85.4 Å². The van der Waals surface area contributed by atoms with E-state index in [1.165, 1.54) is 5.56 Å². The van der Waals surface area contributed by atoms with Gasteiger partial charge in [-0.15, -0.1) is 0 Å². The van der Waals surface area contributed by atoms with Crippen LogP contribution in [-0.4, -0.2) is 31.1 Å². The minimum absolute atomic E-state index is 0.936. The number of aromatic nitrogens is 2. The van der Waals surface area contributed by atoms with Gasteiger partial charge in [-0.2, -0.15) is 0 Å². The van der Waals surface area contributed by atoms with Gasteiger partial charge in [-0.05, 0) is 6.42 Å². The van der Waals surface area contributed by atoms with Crippen LogP contribution in [0, 0.1) is 0 Å². The van der Waals surface area contributed by atoms with Crippen LogP contribution in [0.4, 0.5) is 11.6 Å². The third-order valence-electron chi connectivity index (χ3n) is 2.08. The first-order valence-corrected chi connectivity index (χ1v) is 4.89. The summed E-state index contributed by atoms with van der Waals surface area (Å²) in [5.74, 6) is 1.94. The summed E-state index contributed by atoms with van der Waals surface area (Å²) in [6.45, 7) is 2.16. The summed E-state index contributed by atoms with van der Waals surface area (Å²) >= 11 is 0. The van der Waals surface area contributed by atoms with Crippen LogP contribution in [0.15, 0.2) is 6.33 Å². The molecule has 0 spiro atoms. The maximum atomic E-state index is 4.28. The molecule has 0 bridgehead atoms. The normalized spacial score (nSPS) is 10.0. The number of rotatable bonds is 4. The zero-order valence-corrected chi connectivity index (χ0v) is 9.33. The fourth-order valence-electron chi connectivity index (χ4n) is 1.48. The lowest BCUT2D eigenvalue weighted by Crippen LogP contribution is -2.15. The SMILES string of the molecule is CCCc1c(NC)ncnc1N(C)C. The van der Waals surface area contributed by atoms with Crippen molar-refractivity contribution in [2.75, 3.05) is 31.4 Å². The van der Waals surface area contributed by atoms with Gasteiger partial charge in [-0.1, -0.05) is 13.3 Å². The second-order valence-corrected chi connectivity index (χ2v) is 3.42. The van der Waals surface area contributed by atoms with Crippen molar-refractivity contribution in [3.63, 3.8) is 0 Å². The highest BCUT2D eigenvalue weighted by molar-refractivity contribution is 5.57. The molecule has 14 heavy (non-hydrogen) atoms. The molecule has 78 valence electrons. The maximum absolute atomic E-state index is 4.28. The van der Waals surface area contributed by atoms with E-state index >= 15 is 0 Å². The lowest BCUT2D eigenvalue weighted by atomic mass is 10.1. The number of anilines is 2. The Bertz CT molecular complexity index is 296. The van der Waals surface area contributed by atoms with Crippen LogP contribution in [0.5, 0.6) is 0 Å². The highest BCUT2D eigenvalue weighted by atomic mass is 15.2. The van der Waals surface area contributed by atoms with Crippen molar-refractivity contribution in [3.05, 3.63) is 11.9 Å². The predicted molar refractivity (Wildman–Crippen MR) is 59.9 cm³/mol. The average Bonchev–Trinajstić information content (AvgIpc) is 2.18. The monoisotopic (exact) mass is 194 g/mol. The topological polar surface area (TPSA) is 41.1 Å². The summed E-state index contributed by atoms with van der Waals surface area (Å²) < 4.78 is 0. The Hall–Kier alpha value is -1.32. The second-order valence-electron chi connectivity index (χ2n) is 3.42. The second kappa shape index (κ2) is 4.79. The molecule has 1 aromatic heterocycles. The fourth-order valence-corrected chi connectivity index (χ4v) is 1.48. The lowest BCUT2D eigenvalue weighted by Gasteiger charge is -2.17. The first-order chi connectivity index (χ1) is 6.70. The summed E-state index contributed by atoms with van der Waals surface area (Å²) in [7, 11) is 5.89. The van der Waals surface area contributed by atoms with Crippen molar-refractivity contribution < 1.29 is 0 Å². The summed E-state index contributed by atoms with van der Waals surface area (Å²) in [5.41, 5.74) is 1.20. The molecule has 0 aliphatic heterocycles. The van der Waals surface area contributed by atoms with Gasteiger partial charge in [0.1, 0.15) is 18.0 Å². The predicted octanol–water partition coefficient (Wildman–Crippen LogP) is 1.54. The Morgan fingerprint density at radius 1 is 1.36 bits per heavy atom. The van der Waals surface area contributed by atoms with E-state index < -0.39 is 0 Å². The summed E-state index contributed by atoms with van der Waals surface area (Å²) in [5, 5.41) is 3.10. The molecule has 0 saturated heterocycles. The number of nitrogens with zero attached hydrogens (tertiary/aromatic N) is 3. The number of nitrogens with one attached hydrogen (secondary N) is 1. The zero-order valence-electron chi connectivity index (χ0n) is 9.33. The van der Waals surface area contributed by atoms with Gasteiger partial charge in [0.25, 0.3) is 0 Å². The van der Waals surface area contributed by atoms with Gasteiger partial charge in [-0.25, -0.2) is 9.97 Å². The molecule has 0 radical (unpaired) electrons. The molecule has 0 amide bonds. The maximum Gasteiger partial charge on any atom is 0.136 e.